The lowest BCUT2D eigenvalue weighted by Gasteiger charge is -2.18. The molecule has 0 spiro atoms. The molecule has 1 unspecified atom stereocenters. The number of likely N-dealkylation sites (tertiary alicyclic amines) is 1. The zero-order valence-corrected chi connectivity index (χ0v) is 12.5. The smallest absolute Gasteiger partial charge is 0.401 e. The van der Waals surface area contributed by atoms with Crippen LogP contribution in [0.3, 0.4) is 0 Å². The zero-order chi connectivity index (χ0) is 16.9. The Morgan fingerprint density at radius 2 is 1.91 bits per heavy atom. The lowest BCUT2D eigenvalue weighted by Crippen LogP contribution is -2.33. The summed E-state index contributed by atoms with van der Waals surface area (Å²) in [6.07, 6.45) is -3.41. The fourth-order valence-corrected chi connectivity index (χ4v) is 2.69. The van der Waals surface area contributed by atoms with Gasteiger partial charge in [0.15, 0.2) is 0 Å². The molecule has 0 amide bonds. The minimum atomic E-state index is -4.15. The molecular formula is C15H19F5N2O. The van der Waals surface area contributed by atoms with Crippen LogP contribution in [0.2, 0.25) is 0 Å². The second-order valence-corrected chi connectivity index (χ2v) is 5.66. The van der Waals surface area contributed by atoms with Crippen LogP contribution in [0.4, 0.5) is 22.0 Å². The molecule has 1 aliphatic heterocycles. The average Bonchev–Trinajstić information content (AvgIpc) is 2.85. The Hall–Kier alpha value is -1.41. The summed E-state index contributed by atoms with van der Waals surface area (Å²) in [5, 5.41) is 3.19. The normalized spacial score (nSPS) is 19.5. The third kappa shape index (κ3) is 6.70. The van der Waals surface area contributed by atoms with Gasteiger partial charge in [0.2, 0.25) is 0 Å². The molecule has 0 aliphatic carbocycles. The second-order valence-electron chi connectivity index (χ2n) is 5.66. The Morgan fingerprint density at radius 1 is 1.22 bits per heavy atom. The first-order valence-corrected chi connectivity index (χ1v) is 7.35. The number of nitrogens with one attached hydrogen (secondary N) is 1. The van der Waals surface area contributed by atoms with Crippen LogP contribution in [-0.2, 0) is 6.54 Å². The Kier molecular flexibility index (Phi) is 6.17. The van der Waals surface area contributed by atoms with Crippen molar-refractivity contribution in [3.05, 3.63) is 29.8 Å². The van der Waals surface area contributed by atoms with E-state index in [-0.39, 0.29) is 11.7 Å². The van der Waals surface area contributed by atoms with Crippen molar-refractivity contribution in [3.8, 4) is 5.75 Å². The maximum atomic E-state index is 12.3. The van der Waals surface area contributed by atoms with E-state index in [1.165, 1.54) is 17.0 Å². The Labute approximate surface area is 131 Å². The molecular weight excluding hydrogens is 319 g/mol. The van der Waals surface area contributed by atoms with Gasteiger partial charge in [-0.05, 0) is 43.1 Å². The molecule has 1 heterocycles. The fraction of sp³-hybridized carbons (Fsp3) is 0.600. The van der Waals surface area contributed by atoms with E-state index in [2.05, 4.69) is 10.1 Å². The largest absolute Gasteiger partial charge is 0.435 e. The van der Waals surface area contributed by atoms with Gasteiger partial charge in [0, 0.05) is 13.1 Å². The highest BCUT2D eigenvalue weighted by atomic mass is 19.4. The van der Waals surface area contributed by atoms with Crippen molar-refractivity contribution in [2.45, 2.75) is 25.8 Å². The highest BCUT2D eigenvalue weighted by Gasteiger charge is 2.34. The Bertz CT molecular complexity index is 478. The molecule has 1 saturated heterocycles. The number of nitrogens with zero attached hydrogens (tertiary/aromatic N) is 1. The molecule has 3 nitrogen and oxygen atoms in total. The molecule has 2 rings (SSSR count). The van der Waals surface area contributed by atoms with E-state index >= 15 is 0 Å². The number of benzene rings is 1. The molecule has 1 fully saturated rings. The first kappa shape index (κ1) is 17.9. The van der Waals surface area contributed by atoms with Gasteiger partial charge in [-0.25, -0.2) is 0 Å². The molecule has 130 valence electrons. The predicted octanol–water partition coefficient (Wildman–Crippen LogP) is 3.26. The van der Waals surface area contributed by atoms with Gasteiger partial charge in [0.25, 0.3) is 0 Å². The van der Waals surface area contributed by atoms with E-state index < -0.39 is 19.3 Å². The molecule has 1 aliphatic rings. The van der Waals surface area contributed by atoms with E-state index in [1.807, 2.05) is 0 Å². The molecule has 23 heavy (non-hydrogen) atoms. The first-order chi connectivity index (χ1) is 10.8. The SMILES string of the molecule is FC(F)Oc1ccc(CNCC2CCN(CC(F)(F)F)C2)cc1. The molecule has 0 bridgehead atoms. The second kappa shape index (κ2) is 7.92. The first-order valence-electron chi connectivity index (χ1n) is 7.35. The van der Waals surface area contributed by atoms with Gasteiger partial charge in [0.05, 0.1) is 6.54 Å². The third-order valence-corrected chi connectivity index (χ3v) is 3.68. The predicted molar refractivity (Wildman–Crippen MR) is 75.4 cm³/mol. The third-order valence-electron chi connectivity index (χ3n) is 3.68. The van der Waals surface area contributed by atoms with Crippen LogP contribution < -0.4 is 10.1 Å². The van der Waals surface area contributed by atoms with Gasteiger partial charge in [-0.1, -0.05) is 12.1 Å². The Balaban J connectivity index is 1.67. The van der Waals surface area contributed by atoms with E-state index in [1.54, 1.807) is 12.1 Å². The summed E-state index contributed by atoms with van der Waals surface area (Å²) in [6.45, 7) is -1.64. The number of hydrogen-bond acceptors (Lipinski definition) is 3. The summed E-state index contributed by atoms with van der Waals surface area (Å²) in [6, 6.07) is 6.28. The molecule has 1 aromatic rings. The monoisotopic (exact) mass is 338 g/mol. The van der Waals surface area contributed by atoms with Crippen molar-refractivity contribution in [1.82, 2.24) is 10.2 Å². The van der Waals surface area contributed by atoms with Crippen molar-refractivity contribution < 1.29 is 26.7 Å². The molecule has 0 radical (unpaired) electrons. The standard InChI is InChI=1S/C15H19F5N2O/c16-14(17)23-13-3-1-11(2-4-13)7-21-8-12-5-6-22(9-12)10-15(18,19)20/h1-4,12,14,21H,5-10H2. The van der Waals surface area contributed by atoms with Crippen molar-refractivity contribution in [2.75, 3.05) is 26.2 Å². The van der Waals surface area contributed by atoms with E-state index in [0.29, 0.717) is 26.2 Å². The molecule has 8 heteroatoms. The minimum Gasteiger partial charge on any atom is -0.435 e. The van der Waals surface area contributed by atoms with Gasteiger partial charge in [0.1, 0.15) is 5.75 Å². The minimum absolute atomic E-state index is 0.0994. The lowest BCUT2D eigenvalue weighted by molar-refractivity contribution is -0.143. The molecule has 1 aromatic carbocycles. The maximum Gasteiger partial charge on any atom is 0.401 e. The zero-order valence-electron chi connectivity index (χ0n) is 12.5. The van der Waals surface area contributed by atoms with E-state index in [4.69, 9.17) is 0 Å². The van der Waals surface area contributed by atoms with Crippen LogP contribution >= 0.6 is 0 Å². The molecule has 1 atom stereocenters. The lowest BCUT2D eigenvalue weighted by atomic mass is 10.1. The van der Waals surface area contributed by atoms with E-state index in [0.717, 1.165) is 12.0 Å². The van der Waals surface area contributed by atoms with Crippen LogP contribution in [0.1, 0.15) is 12.0 Å². The topological polar surface area (TPSA) is 24.5 Å². The number of rotatable bonds is 7. The van der Waals surface area contributed by atoms with Crippen LogP contribution in [0.5, 0.6) is 5.75 Å². The highest BCUT2D eigenvalue weighted by molar-refractivity contribution is 5.27. The molecule has 1 N–H and O–H groups in total. The summed E-state index contributed by atoms with van der Waals surface area (Å²) < 4.78 is 65.2. The van der Waals surface area contributed by atoms with Gasteiger partial charge in [-0.3, -0.25) is 4.90 Å². The molecule has 0 saturated carbocycles. The van der Waals surface area contributed by atoms with Crippen LogP contribution in [0.15, 0.2) is 24.3 Å². The number of halogens is 5. The van der Waals surface area contributed by atoms with Gasteiger partial charge in [-0.2, -0.15) is 22.0 Å². The summed E-state index contributed by atoms with van der Waals surface area (Å²) in [4.78, 5) is 1.42. The van der Waals surface area contributed by atoms with Gasteiger partial charge >= 0.3 is 12.8 Å². The van der Waals surface area contributed by atoms with Crippen molar-refractivity contribution in [3.63, 3.8) is 0 Å². The van der Waals surface area contributed by atoms with E-state index in [9.17, 15) is 22.0 Å². The summed E-state index contributed by atoms with van der Waals surface area (Å²) >= 11 is 0. The van der Waals surface area contributed by atoms with Crippen LogP contribution in [0, 0.1) is 5.92 Å². The van der Waals surface area contributed by atoms with Crippen LogP contribution in [0.25, 0.3) is 0 Å². The van der Waals surface area contributed by atoms with Gasteiger partial charge < -0.3 is 10.1 Å². The summed E-state index contributed by atoms with van der Waals surface area (Å²) in [7, 11) is 0. The number of hydrogen-bond donors (Lipinski definition) is 1. The summed E-state index contributed by atoms with van der Waals surface area (Å²) in [5.41, 5.74) is 0.900. The van der Waals surface area contributed by atoms with Crippen molar-refractivity contribution in [1.29, 1.82) is 0 Å². The van der Waals surface area contributed by atoms with Crippen molar-refractivity contribution >= 4 is 0 Å². The Morgan fingerprint density at radius 3 is 2.52 bits per heavy atom. The average molecular weight is 338 g/mol. The van der Waals surface area contributed by atoms with Gasteiger partial charge in [-0.15, -0.1) is 0 Å². The fourth-order valence-electron chi connectivity index (χ4n) is 2.69. The number of alkyl halides is 5. The van der Waals surface area contributed by atoms with Crippen molar-refractivity contribution in [2.24, 2.45) is 5.92 Å². The molecule has 0 aromatic heterocycles. The quantitative estimate of drug-likeness (QED) is 0.773. The summed E-state index contributed by atoms with van der Waals surface area (Å²) in [5.74, 6) is 0.293. The highest BCUT2D eigenvalue weighted by Crippen LogP contribution is 2.22. The number of ether oxygens (including phenoxy) is 1. The van der Waals surface area contributed by atoms with Crippen LogP contribution in [-0.4, -0.2) is 43.9 Å². The maximum absolute atomic E-state index is 12.3.